The van der Waals surface area contributed by atoms with Crippen molar-refractivity contribution in [1.29, 1.82) is 0 Å². The van der Waals surface area contributed by atoms with Crippen LogP contribution in [-0.2, 0) is 9.22 Å². The third kappa shape index (κ3) is 2.55. The van der Waals surface area contributed by atoms with Gasteiger partial charge in [0.05, 0.1) is 30.2 Å². The maximum absolute atomic E-state index is 4.85. The van der Waals surface area contributed by atoms with Crippen LogP contribution in [0.3, 0.4) is 0 Å². The predicted molar refractivity (Wildman–Crippen MR) is 82.3 cm³/mol. The van der Waals surface area contributed by atoms with Crippen molar-refractivity contribution in [1.82, 2.24) is 9.55 Å². The van der Waals surface area contributed by atoms with E-state index in [0.29, 0.717) is 5.16 Å². The highest BCUT2D eigenvalue weighted by Crippen LogP contribution is 2.28. The lowest BCUT2D eigenvalue weighted by atomic mass is 10.3. The number of hydrogen-bond donors (Lipinski definition) is 1. The van der Waals surface area contributed by atoms with E-state index >= 15 is 0 Å². The molecule has 0 amide bonds. The molecule has 3 rings (SSSR count). The zero-order valence-corrected chi connectivity index (χ0v) is 12.4. The quantitative estimate of drug-likeness (QED) is 0.343. The second-order valence-corrected chi connectivity index (χ2v) is 5.23. The molecule has 6 heteroatoms. The van der Waals surface area contributed by atoms with Crippen molar-refractivity contribution < 1.29 is 9.22 Å². The molecule has 0 aliphatic carbocycles. The Bertz CT molecular complexity index is 729. The minimum Gasteiger partial charge on any atom is -0.288 e. The molecule has 2 aromatic carbocycles. The predicted octanol–water partition coefficient (Wildman–Crippen LogP) is 3.90. The van der Waals surface area contributed by atoms with Crippen molar-refractivity contribution >= 4 is 35.7 Å². The minimum absolute atomic E-state index is 0.654. The Morgan fingerprint density at radius 2 is 1.95 bits per heavy atom. The van der Waals surface area contributed by atoms with Crippen LogP contribution in [0.15, 0.2) is 58.6 Å². The molecular weight excluding hydrogens is 292 g/mol. The summed E-state index contributed by atoms with van der Waals surface area (Å²) in [6.07, 6.45) is 0. The van der Waals surface area contributed by atoms with Crippen LogP contribution >= 0.6 is 24.7 Å². The number of hydrogen-bond acceptors (Lipinski definition) is 5. The number of aromatic nitrogens is 2. The van der Waals surface area contributed by atoms with Crippen molar-refractivity contribution in [3.8, 4) is 5.69 Å². The smallest absolute Gasteiger partial charge is 0.170 e. The molecule has 0 radical (unpaired) electrons. The van der Waals surface area contributed by atoms with Crippen LogP contribution in [0.4, 0.5) is 0 Å². The number of para-hydroxylation sites is 1. The molecule has 0 bridgehead atoms. The second kappa shape index (κ2) is 5.88. The lowest BCUT2D eigenvalue weighted by molar-refractivity contribution is -0.160. The number of fused-ring (bicyclic) bond motifs is 1. The Morgan fingerprint density at radius 3 is 2.70 bits per heavy atom. The molecule has 1 heterocycles. The molecule has 1 aromatic heterocycles. The third-order valence-electron chi connectivity index (χ3n) is 2.82. The van der Waals surface area contributed by atoms with E-state index in [1.54, 1.807) is 0 Å². The van der Waals surface area contributed by atoms with Crippen LogP contribution in [0.25, 0.3) is 16.7 Å². The van der Waals surface area contributed by atoms with Gasteiger partial charge in [-0.25, -0.2) is 9.87 Å². The fraction of sp³-hybridized carbons (Fsp3) is 0.0714. The second-order valence-electron chi connectivity index (χ2n) is 4.05. The highest BCUT2D eigenvalue weighted by molar-refractivity contribution is 7.94. The topological polar surface area (TPSA) is 36.3 Å². The molecule has 0 spiro atoms. The maximum atomic E-state index is 4.85. The molecule has 0 fully saturated rings. The summed E-state index contributed by atoms with van der Waals surface area (Å²) < 4.78 is 6.86. The van der Waals surface area contributed by atoms with Crippen LogP contribution in [-0.4, -0.2) is 16.7 Å². The molecule has 3 aromatic rings. The minimum atomic E-state index is 0.654. The van der Waals surface area contributed by atoms with Crippen molar-refractivity contribution in [2.75, 3.05) is 7.11 Å². The summed E-state index contributed by atoms with van der Waals surface area (Å²) in [6, 6.07) is 15.9. The molecule has 4 nitrogen and oxygen atoms in total. The summed E-state index contributed by atoms with van der Waals surface area (Å²) in [5.41, 5.74) is 2.90. The van der Waals surface area contributed by atoms with Crippen LogP contribution in [0.2, 0.25) is 0 Å². The van der Waals surface area contributed by atoms with E-state index in [1.807, 2.05) is 53.1 Å². The average Bonchev–Trinajstić information content (AvgIpc) is 2.81. The largest absolute Gasteiger partial charge is 0.288 e. The van der Waals surface area contributed by atoms with Crippen molar-refractivity contribution in [2.45, 2.75) is 10.1 Å². The molecule has 0 atom stereocenters. The molecular formula is C14H12N2O2S2. The number of imidazole rings is 1. The van der Waals surface area contributed by atoms with Crippen molar-refractivity contribution in [3.05, 3.63) is 48.5 Å². The van der Waals surface area contributed by atoms with E-state index in [-0.39, 0.29) is 0 Å². The van der Waals surface area contributed by atoms with Crippen LogP contribution in [0, 0.1) is 0 Å². The van der Waals surface area contributed by atoms with Gasteiger partial charge in [0.2, 0.25) is 0 Å². The SMILES string of the molecule is COOSc1ccc2c(c1)nc(S)n2-c1ccccc1. The lowest BCUT2D eigenvalue weighted by Gasteiger charge is -2.06. The van der Waals surface area contributed by atoms with Gasteiger partial charge in [-0.2, -0.15) is 4.33 Å². The van der Waals surface area contributed by atoms with E-state index in [9.17, 15) is 0 Å². The third-order valence-corrected chi connectivity index (χ3v) is 3.77. The van der Waals surface area contributed by atoms with Gasteiger partial charge in [-0.15, -0.1) is 12.6 Å². The highest BCUT2D eigenvalue weighted by Gasteiger charge is 2.10. The standard InChI is InChI=1S/C14H12N2O2S2/c1-17-18-20-11-7-8-13-12(9-11)15-14(19)16(13)10-5-3-2-4-6-10/h2-9H,1H3,(H,15,19). The first-order chi connectivity index (χ1) is 9.79. The van der Waals surface area contributed by atoms with E-state index in [4.69, 9.17) is 4.33 Å². The zero-order chi connectivity index (χ0) is 13.9. The van der Waals surface area contributed by atoms with Gasteiger partial charge < -0.3 is 0 Å². The summed E-state index contributed by atoms with van der Waals surface area (Å²) in [5, 5.41) is 0.654. The van der Waals surface area contributed by atoms with Gasteiger partial charge in [0, 0.05) is 10.6 Å². The summed E-state index contributed by atoms with van der Waals surface area (Å²) in [5.74, 6) is 0. The van der Waals surface area contributed by atoms with E-state index in [0.717, 1.165) is 33.7 Å². The number of thiol groups is 1. The molecule has 0 saturated heterocycles. The van der Waals surface area contributed by atoms with Gasteiger partial charge in [-0.1, -0.05) is 18.2 Å². The van der Waals surface area contributed by atoms with E-state index in [2.05, 4.69) is 22.5 Å². The van der Waals surface area contributed by atoms with Gasteiger partial charge in [-0.3, -0.25) is 4.57 Å². The Labute approximate surface area is 126 Å². The summed E-state index contributed by atoms with van der Waals surface area (Å²) in [7, 11) is 1.47. The van der Waals surface area contributed by atoms with Crippen molar-refractivity contribution in [3.63, 3.8) is 0 Å². The Kier molecular flexibility index (Phi) is 3.98. The molecule has 0 aliphatic rings. The van der Waals surface area contributed by atoms with Crippen molar-refractivity contribution in [2.24, 2.45) is 0 Å². The van der Waals surface area contributed by atoms with Gasteiger partial charge in [0.15, 0.2) is 5.16 Å². The van der Waals surface area contributed by atoms with E-state index in [1.165, 1.54) is 7.11 Å². The lowest BCUT2D eigenvalue weighted by Crippen LogP contribution is -1.93. The summed E-state index contributed by atoms with van der Waals surface area (Å²) >= 11 is 5.61. The van der Waals surface area contributed by atoms with Gasteiger partial charge in [0.25, 0.3) is 0 Å². The van der Waals surface area contributed by atoms with Gasteiger partial charge in [0.1, 0.15) is 0 Å². The number of rotatable bonds is 4. The van der Waals surface area contributed by atoms with Gasteiger partial charge in [-0.05, 0) is 30.3 Å². The Balaban J connectivity index is 2.08. The fourth-order valence-electron chi connectivity index (χ4n) is 2.00. The zero-order valence-electron chi connectivity index (χ0n) is 10.7. The first-order valence-electron chi connectivity index (χ1n) is 5.94. The fourth-order valence-corrected chi connectivity index (χ4v) is 2.77. The average molecular weight is 304 g/mol. The maximum Gasteiger partial charge on any atom is 0.170 e. The molecule has 20 heavy (non-hydrogen) atoms. The van der Waals surface area contributed by atoms with Gasteiger partial charge >= 0.3 is 0 Å². The molecule has 0 unspecified atom stereocenters. The Hall–Kier alpha value is -1.47. The molecule has 0 N–H and O–H groups in total. The summed E-state index contributed by atoms with van der Waals surface area (Å²) in [6.45, 7) is 0. The van der Waals surface area contributed by atoms with E-state index < -0.39 is 0 Å². The highest BCUT2D eigenvalue weighted by atomic mass is 32.2. The van der Waals surface area contributed by atoms with Crippen LogP contribution < -0.4 is 0 Å². The monoisotopic (exact) mass is 304 g/mol. The molecule has 0 aliphatic heterocycles. The van der Waals surface area contributed by atoms with Crippen LogP contribution in [0.1, 0.15) is 0 Å². The van der Waals surface area contributed by atoms with Crippen LogP contribution in [0.5, 0.6) is 0 Å². The normalized spacial score (nSPS) is 11.1. The first-order valence-corrected chi connectivity index (χ1v) is 7.12. The molecule has 0 saturated carbocycles. The summed E-state index contributed by atoms with van der Waals surface area (Å²) in [4.78, 5) is 9.98. The molecule has 102 valence electrons. The first kappa shape index (κ1) is 13.5. The number of nitrogens with zero attached hydrogens (tertiary/aromatic N) is 2. The number of benzene rings is 2. The Morgan fingerprint density at radius 1 is 1.15 bits per heavy atom.